The average molecular weight is 224 g/mol. The van der Waals surface area contributed by atoms with Crippen molar-refractivity contribution in [3.05, 3.63) is 35.0 Å². The Hall–Kier alpha value is -0.990. The summed E-state index contributed by atoms with van der Waals surface area (Å²) in [5.41, 5.74) is 2.24. The van der Waals surface area contributed by atoms with E-state index in [1.54, 1.807) is 6.92 Å². The van der Waals surface area contributed by atoms with Crippen LogP contribution in [0.2, 0.25) is 5.02 Å². The van der Waals surface area contributed by atoms with Gasteiger partial charge in [-0.2, -0.15) is 0 Å². The minimum Gasteiger partial charge on any atom is -0.393 e. The van der Waals surface area contributed by atoms with Crippen LogP contribution in [0.25, 0.3) is 10.9 Å². The maximum atomic E-state index is 9.20. The third kappa shape index (κ3) is 2.52. The summed E-state index contributed by atoms with van der Waals surface area (Å²) in [4.78, 5) is 3.31. The van der Waals surface area contributed by atoms with Crippen LogP contribution in [0.1, 0.15) is 19.0 Å². The Bertz CT molecular complexity index is 462. The molecule has 2 N–H and O–H groups in total. The molecule has 1 heterocycles. The molecule has 1 unspecified atom stereocenters. The fraction of sp³-hybridized carbons (Fsp3) is 0.333. The molecule has 0 radical (unpaired) electrons. The Morgan fingerprint density at radius 2 is 2.20 bits per heavy atom. The van der Waals surface area contributed by atoms with Crippen LogP contribution in [0, 0.1) is 0 Å². The summed E-state index contributed by atoms with van der Waals surface area (Å²) in [6.45, 7) is 1.81. The van der Waals surface area contributed by atoms with Gasteiger partial charge in [0, 0.05) is 21.6 Å². The fourth-order valence-electron chi connectivity index (χ4n) is 1.66. The molecule has 0 fully saturated rings. The SMILES string of the molecule is CC(O)CCc1cc2cc(Cl)ccc2[nH]1. The monoisotopic (exact) mass is 223 g/mol. The molecule has 15 heavy (non-hydrogen) atoms. The number of aromatic amines is 1. The highest BCUT2D eigenvalue weighted by Crippen LogP contribution is 2.20. The van der Waals surface area contributed by atoms with Gasteiger partial charge in [0.2, 0.25) is 0 Å². The molecule has 0 amide bonds. The first-order valence-electron chi connectivity index (χ1n) is 5.10. The summed E-state index contributed by atoms with van der Waals surface area (Å²) in [6, 6.07) is 7.88. The number of aliphatic hydroxyl groups is 1. The van der Waals surface area contributed by atoms with Gasteiger partial charge in [-0.05, 0) is 44.0 Å². The van der Waals surface area contributed by atoms with Gasteiger partial charge in [-0.3, -0.25) is 0 Å². The first kappa shape index (κ1) is 10.5. The second-order valence-electron chi connectivity index (χ2n) is 3.91. The van der Waals surface area contributed by atoms with E-state index in [0.717, 1.165) is 34.5 Å². The van der Waals surface area contributed by atoms with E-state index in [1.165, 1.54) is 0 Å². The molecule has 0 saturated carbocycles. The number of H-pyrrole nitrogens is 1. The summed E-state index contributed by atoms with van der Waals surface area (Å²) in [7, 11) is 0. The molecule has 2 rings (SSSR count). The number of halogens is 1. The van der Waals surface area contributed by atoms with Gasteiger partial charge in [-0.1, -0.05) is 11.6 Å². The molecule has 0 spiro atoms. The number of hydrogen-bond acceptors (Lipinski definition) is 1. The number of aliphatic hydroxyl groups excluding tert-OH is 1. The topological polar surface area (TPSA) is 36.0 Å². The predicted molar refractivity (Wildman–Crippen MR) is 63.3 cm³/mol. The Morgan fingerprint density at radius 3 is 2.93 bits per heavy atom. The highest BCUT2D eigenvalue weighted by atomic mass is 35.5. The van der Waals surface area contributed by atoms with Gasteiger partial charge in [0.25, 0.3) is 0 Å². The van der Waals surface area contributed by atoms with Gasteiger partial charge >= 0.3 is 0 Å². The summed E-state index contributed by atoms with van der Waals surface area (Å²) in [6.07, 6.45) is 1.39. The number of hydrogen-bond donors (Lipinski definition) is 2. The van der Waals surface area contributed by atoms with Crippen molar-refractivity contribution < 1.29 is 5.11 Å². The molecule has 3 heteroatoms. The normalized spacial score (nSPS) is 13.3. The van der Waals surface area contributed by atoms with Gasteiger partial charge < -0.3 is 10.1 Å². The van der Waals surface area contributed by atoms with E-state index in [0.29, 0.717) is 0 Å². The lowest BCUT2D eigenvalue weighted by Crippen LogP contribution is -2.01. The molecule has 0 bridgehead atoms. The minimum absolute atomic E-state index is 0.250. The van der Waals surface area contributed by atoms with Crippen molar-refractivity contribution in [1.82, 2.24) is 4.98 Å². The number of benzene rings is 1. The largest absolute Gasteiger partial charge is 0.393 e. The third-order valence-corrected chi connectivity index (χ3v) is 2.71. The van der Waals surface area contributed by atoms with E-state index < -0.39 is 0 Å². The quantitative estimate of drug-likeness (QED) is 0.824. The number of nitrogens with one attached hydrogen (secondary N) is 1. The number of aromatic nitrogens is 1. The molecule has 1 atom stereocenters. The number of rotatable bonds is 3. The summed E-state index contributed by atoms with van der Waals surface area (Å²) < 4.78 is 0. The minimum atomic E-state index is -0.250. The highest BCUT2D eigenvalue weighted by Gasteiger charge is 2.03. The van der Waals surface area contributed by atoms with Crippen LogP contribution >= 0.6 is 11.6 Å². The maximum absolute atomic E-state index is 9.20. The van der Waals surface area contributed by atoms with Crippen molar-refractivity contribution in [2.45, 2.75) is 25.9 Å². The van der Waals surface area contributed by atoms with Gasteiger partial charge in [-0.25, -0.2) is 0 Å². The fourth-order valence-corrected chi connectivity index (χ4v) is 1.84. The van der Waals surface area contributed by atoms with Crippen molar-refractivity contribution in [3.8, 4) is 0 Å². The van der Waals surface area contributed by atoms with Crippen molar-refractivity contribution in [2.75, 3.05) is 0 Å². The lowest BCUT2D eigenvalue weighted by molar-refractivity contribution is 0.184. The summed E-state index contributed by atoms with van der Waals surface area (Å²) in [5.74, 6) is 0. The smallest absolute Gasteiger partial charge is 0.0515 e. The van der Waals surface area contributed by atoms with Crippen LogP contribution in [0.4, 0.5) is 0 Å². The van der Waals surface area contributed by atoms with Crippen LogP contribution < -0.4 is 0 Å². The van der Waals surface area contributed by atoms with Gasteiger partial charge in [0.05, 0.1) is 6.10 Å². The molecular weight excluding hydrogens is 210 g/mol. The average Bonchev–Trinajstić information content (AvgIpc) is 2.56. The van der Waals surface area contributed by atoms with Crippen molar-refractivity contribution in [1.29, 1.82) is 0 Å². The van der Waals surface area contributed by atoms with Gasteiger partial charge in [0.1, 0.15) is 0 Å². The molecule has 1 aromatic carbocycles. The van der Waals surface area contributed by atoms with Gasteiger partial charge in [-0.15, -0.1) is 0 Å². The zero-order valence-electron chi connectivity index (χ0n) is 8.63. The lowest BCUT2D eigenvalue weighted by atomic mass is 10.1. The standard InChI is InChI=1S/C12H14ClNO/c1-8(15)2-4-11-7-9-6-10(13)3-5-12(9)14-11/h3,5-8,14-15H,2,4H2,1H3. The van der Waals surface area contributed by atoms with E-state index in [4.69, 9.17) is 11.6 Å². The van der Waals surface area contributed by atoms with E-state index >= 15 is 0 Å². The zero-order chi connectivity index (χ0) is 10.8. The number of fused-ring (bicyclic) bond motifs is 1. The van der Waals surface area contributed by atoms with Crippen LogP contribution in [-0.2, 0) is 6.42 Å². The maximum Gasteiger partial charge on any atom is 0.0515 e. The molecule has 2 aromatic rings. The van der Waals surface area contributed by atoms with Crippen molar-refractivity contribution >= 4 is 22.5 Å². The molecule has 0 aliphatic heterocycles. The highest BCUT2D eigenvalue weighted by molar-refractivity contribution is 6.31. The van der Waals surface area contributed by atoms with Crippen LogP contribution in [0.15, 0.2) is 24.3 Å². The second kappa shape index (κ2) is 4.25. The molecule has 1 aromatic heterocycles. The van der Waals surface area contributed by atoms with E-state index in [1.807, 2.05) is 18.2 Å². The Labute approximate surface area is 93.9 Å². The van der Waals surface area contributed by atoms with Crippen LogP contribution in [0.5, 0.6) is 0 Å². The first-order chi connectivity index (χ1) is 7.15. The third-order valence-electron chi connectivity index (χ3n) is 2.47. The first-order valence-corrected chi connectivity index (χ1v) is 5.48. The molecule has 2 nitrogen and oxygen atoms in total. The molecular formula is C12H14ClNO. The zero-order valence-corrected chi connectivity index (χ0v) is 9.38. The summed E-state index contributed by atoms with van der Waals surface area (Å²) in [5, 5.41) is 11.1. The molecule has 0 saturated heterocycles. The Morgan fingerprint density at radius 1 is 1.40 bits per heavy atom. The molecule has 80 valence electrons. The van der Waals surface area contributed by atoms with E-state index in [9.17, 15) is 5.11 Å². The number of aryl methyl sites for hydroxylation is 1. The van der Waals surface area contributed by atoms with Crippen molar-refractivity contribution in [2.24, 2.45) is 0 Å². The summed E-state index contributed by atoms with van der Waals surface area (Å²) >= 11 is 5.90. The predicted octanol–water partition coefficient (Wildman–Crippen LogP) is 3.13. The molecule has 0 aliphatic rings. The second-order valence-corrected chi connectivity index (χ2v) is 4.35. The molecule has 0 aliphatic carbocycles. The van der Waals surface area contributed by atoms with E-state index in [-0.39, 0.29) is 6.10 Å². The lowest BCUT2D eigenvalue weighted by Gasteiger charge is -2.00. The van der Waals surface area contributed by atoms with Crippen LogP contribution in [-0.4, -0.2) is 16.2 Å². The van der Waals surface area contributed by atoms with E-state index in [2.05, 4.69) is 11.1 Å². The van der Waals surface area contributed by atoms with Gasteiger partial charge in [0.15, 0.2) is 0 Å². The van der Waals surface area contributed by atoms with Crippen LogP contribution in [0.3, 0.4) is 0 Å². The van der Waals surface area contributed by atoms with Crippen molar-refractivity contribution in [3.63, 3.8) is 0 Å². The Balaban J connectivity index is 2.23. The Kier molecular flexibility index (Phi) is 2.98.